The van der Waals surface area contributed by atoms with Crippen molar-refractivity contribution in [2.45, 2.75) is 0 Å². The molecular formula is C58H36N6. The number of fused-ring (bicyclic) bond motifs is 6. The van der Waals surface area contributed by atoms with Crippen LogP contribution in [0.2, 0.25) is 0 Å². The van der Waals surface area contributed by atoms with Gasteiger partial charge in [-0.3, -0.25) is 0 Å². The van der Waals surface area contributed by atoms with Crippen molar-refractivity contribution in [3.05, 3.63) is 224 Å². The SMILES string of the molecule is N#Cc1ccc(-c2nc(-c3ccccc3)nc(-c3ccccc3)n2)cc1-c1cccc2c1c1ccccc1n2-c1ccc(-c2ccc3c(c2)c2ccccc2n3-c2ccccc2)cc1. The van der Waals surface area contributed by atoms with Gasteiger partial charge in [0.05, 0.1) is 33.7 Å². The van der Waals surface area contributed by atoms with Crippen molar-refractivity contribution in [3.8, 4) is 73.9 Å². The van der Waals surface area contributed by atoms with Crippen LogP contribution < -0.4 is 0 Å². The first-order valence-electron chi connectivity index (χ1n) is 21.3. The van der Waals surface area contributed by atoms with Gasteiger partial charge < -0.3 is 9.13 Å². The first-order chi connectivity index (χ1) is 31.7. The molecule has 0 aliphatic heterocycles. The largest absolute Gasteiger partial charge is 0.309 e. The molecule has 9 aromatic carbocycles. The molecule has 0 aliphatic carbocycles. The number of benzene rings is 9. The average molecular weight is 817 g/mol. The highest BCUT2D eigenvalue weighted by atomic mass is 15.0. The lowest BCUT2D eigenvalue weighted by Gasteiger charge is -2.12. The van der Waals surface area contributed by atoms with Gasteiger partial charge in [-0.1, -0.05) is 146 Å². The van der Waals surface area contributed by atoms with E-state index >= 15 is 0 Å². The topological polar surface area (TPSA) is 72.3 Å². The molecule has 12 rings (SSSR count). The molecule has 0 N–H and O–H groups in total. The van der Waals surface area contributed by atoms with E-state index in [0.717, 1.165) is 72.1 Å². The van der Waals surface area contributed by atoms with Crippen molar-refractivity contribution < 1.29 is 0 Å². The van der Waals surface area contributed by atoms with Gasteiger partial charge in [0.15, 0.2) is 17.5 Å². The molecule has 6 heteroatoms. The van der Waals surface area contributed by atoms with E-state index in [-0.39, 0.29) is 0 Å². The van der Waals surface area contributed by atoms with Gasteiger partial charge in [0.25, 0.3) is 0 Å². The minimum atomic E-state index is 0.536. The lowest BCUT2D eigenvalue weighted by atomic mass is 9.94. The second-order valence-electron chi connectivity index (χ2n) is 15.9. The number of hydrogen-bond acceptors (Lipinski definition) is 4. The predicted molar refractivity (Wildman–Crippen MR) is 260 cm³/mol. The van der Waals surface area contributed by atoms with Crippen molar-refractivity contribution in [3.63, 3.8) is 0 Å². The van der Waals surface area contributed by atoms with Gasteiger partial charge in [-0.05, 0) is 89.5 Å². The molecule has 12 aromatic rings. The highest BCUT2D eigenvalue weighted by Crippen LogP contribution is 2.41. The summed E-state index contributed by atoms with van der Waals surface area (Å²) in [6.45, 7) is 0. The molecule has 3 aromatic heterocycles. The summed E-state index contributed by atoms with van der Waals surface area (Å²) < 4.78 is 4.68. The van der Waals surface area contributed by atoms with Crippen molar-refractivity contribution >= 4 is 43.6 Å². The molecule has 64 heavy (non-hydrogen) atoms. The summed E-state index contributed by atoms with van der Waals surface area (Å²) in [5, 5.41) is 15.2. The second-order valence-corrected chi connectivity index (χ2v) is 15.9. The standard InChI is InChI=1S/C58H36N6/c59-37-43-28-27-42(58-61-56(39-15-4-1-5-16-39)60-57(62-58)40-17-6-2-7-18-40)36-49(43)47-23-14-26-54-55(47)48-22-11-13-25-52(48)64(54)45-32-29-38(30-33-45)41-31-34-53-50(35-41)46-21-10-12-24-51(46)63(53)44-19-8-3-9-20-44/h1-36H. The van der Waals surface area contributed by atoms with E-state index in [1.165, 1.54) is 21.8 Å². The maximum atomic E-state index is 10.6. The summed E-state index contributed by atoms with van der Waals surface area (Å²) in [7, 11) is 0. The average Bonchev–Trinajstić information content (AvgIpc) is 3.90. The third-order valence-corrected chi connectivity index (χ3v) is 12.2. The Kier molecular flexibility index (Phi) is 8.77. The van der Waals surface area contributed by atoms with Gasteiger partial charge >= 0.3 is 0 Å². The fourth-order valence-electron chi connectivity index (χ4n) is 9.27. The Hall–Kier alpha value is -8.92. The zero-order chi connectivity index (χ0) is 42.6. The van der Waals surface area contributed by atoms with Gasteiger partial charge in [-0.25, -0.2) is 15.0 Å². The van der Waals surface area contributed by atoms with Crippen molar-refractivity contribution in [1.29, 1.82) is 5.26 Å². The molecule has 0 aliphatic rings. The maximum Gasteiger partial charge on any atom is 0.164 e. The number of rotatable bonds is 7. The van der Waals surface area contributed by atoms with Crippen LogP contribution in [0.4, 0.5) is 0 Å². The quantitative estimate of drug-likeness (QED) is 0.161. The highest BCUT2D eigenvalue weighted by Gasteiger charge is 2.20. The molecule has 0 atom stereocenters. The van der Waals surface area contributed by atoms with E-state index in [1.807, 2.05) is 72.8 Å². The van der Waals surface area contributed by atoms with Crippen molar-refractivity contribution in [2.24, 2.45) is 0 Å². The van der Waals surface area contributed by atoms with E-state index in [0.29, 0.717) is 23.0 Å². The van der Waals surface area contributed by atoms with Crippen LogP contribution in [0, 0.1) is 11.3 Å². The van der Waals surface area contributed by atoms with E-state index < -0.39 is 0 Å². The summed E-state index contributed by atoms with van der Waals surface area (Å²) >= 11 is 0. The van der Waals surface area contributed by atoms with Gasteiger partial charge in [0, 0.05) is 55.2 Å². The van der Waals surface area contributed by atoms with Crippen LogP contribution in [0.15, 0.2) is 218 Å². The molecule has 6 nitrogen and oxygen atoms in total. The predicted octanol–water partition coefficient (Wildman–Crippen LogP) is 14.3. The molecule has 0 spiro atoms. The van der Waals surface area contributed by atoms with Crippen LogP contribution in [0.25, 0.3) is 111 Å². The fourth-order valence-corrected chi connectivity index (χ4v) is 9.27. The smallest absolute Gasteiger partial charge is 0.164 e. The molecule has 0 saturated heterocycles. The molecule has 298 valence electrons. The summed E-state index contributed by atoms with van der Waals surface area (Å²) in [6.07, 6.45) is 0. The Morgan fingerprint density at radius 1 is 0.328 bits per heavy atom. The van der Waals surface area contributed by atoms with Gasteiger partial charge in [0.1, 0.15) is 0 Å². The normalized spacial score (nSPS) is 11.4. The summed E-state index contributed by atoms with van der Waals surface area (Å²) in [4.78, 5) is 14.9. The molecule has 0 unspecified atom stereocenters. The lowest BCUT2D eigenvalue weighted by Crippen LogP contribution is -2.00. The zero-order valence-electron chi connectivity index (χ0n) is 34.5. The van der Waals surface area contributed by atoms with Crippen LogP contribution in [-0.4, -0.2) is 24.1 Å². The molecular weight excluding hydrogens is 781 g/mol. The van der Waals surface area contributed by atoms with E-state index in [1.54, 1.807) is 0 Å². The second kappa shape index (κ2) is 15.2. The molecule has 0 bridgehead atoms. The third-order valence-electron chi connectivity index (χ3n) is 12.2. The first-order valence-corrected chi connectivity index (χ1v) is 21.3. The molecule has 0 amide bonds. The molecule has 0 saturated carbocycles. The Morgan fingerprint density at radius 2 is 0.828 bits per heavy atom. The first kappa shape index (κ1) is 36.9. The van der Waals surface area contributed by atoms with Gasteiger partial charge in [-0.15, -0.1) is 0 Å². The lowest BCUT2D eigenvalue weighted by molar-refractivity contribution is 1.07. The summed E-state index contributed by atoms with van der Waals surface area (Å²) in [5.41, 5.74) is 14.0. The monoisotopic (exact) mass is 816 g/mol. The van der Waals surface area contributed by atoms with Crippen LogP contribution in [0.3, 0.4) is 0 Å². The molecule has 3 heterocycles. The van der Waals surface area contributed by atoms with Crippen LogP contribution >= 0.6 is 0 Å². The van der Waals surface area contributed by atoms with Crippen LogP contribution in [0.5, 0.6) is 0 Å². The van der Waals surface area contributed by atoms with Gasteiger partial charge in [-0.2, -0.15) is 5.26 Å². The summed E-state index contributed by atoms with van der Waals surface area (Å²) in [5.74, 6) is 1.71. The number of hydrogen-bond donors (Lipinski definition) is 0. The Bertz CT molecular complexity index is 3710. The van der Waals surface area contributed by atoms with E-state index in [4.69, 9.17) is 15.0 Å². The number of nitrogens with zero attached hydrogens (tertiary/aromatic N) is 6. The van der Waals surface area contributed by atoms with Crippen LogP contribution in [-0.2, 0) is 0 Å². The van der Waals surface area contributed by atoms with Crippen molar-refractivity contribution in [2.75, 3.05) is 0 Å². The molecule has 0 radical (unpaired) electrons. The fraction of sp³-hybridized carbons (Fsp3) is 0. The molecule has 0 fully saturated rings. The minimum Gasteiger partial charge on any atom is -0.309 e. The number of para-hydroxylation sites is 3. The minimum absolute atomic E-state index is 0.536. The number of aromatic nitrogens is 5. The number of nitriles is 1. The van der Waals surface area contributed by atoms with Gasteiger partial charge in [0.2, 0.25) is 0 Å². The van der Waals surface area contributed by atoms with Crippen molar-refractivity contribution in [1.82, 2.24) is 24.1 Å². The van der Waals surface area contributed by atoms with E-state index in [9.17, 15) is 5.26 Å². The summed E-state index contributed by atoms with van der Waals surface area (Å²) in [6, 6.07) is 78.0. The van der Waals surface area contributed by atoms with Crippen LogP contribution in [0.1, 0.15) is 5.56 Å². The Balaban J connectivity index is 0.973. The Labute approximate surface area is 369 Å². The Morgan fingerprint density at radius 3 is 1.50 bits per heavy atom. The maximum absolute atomic E-state index is 10.6. The third kappa shape index (κ3) is 6.14. The highest BCUT2D eigenvalue weighted by molar-refractivity contribution is 6.16. The van der Waals surface area contributed by atoms with E-state index in [2.05, 4.69) is 161 Å². The zero-order valence-corrected chi connectivity index (χ0v) is 34.5.